The van der Waals surface area contributed by atoms with E-state index in [1.165, 1.54) is 0 Å². The number of hydrogen-bond donors (Lipinski definition) is 0. The molecule has 0 spiro atoms. The number of imidazole rings is 1. The largest absolute Gasteiger partial charge is 0.497 e. The molecule has 1 amide bonds. The number of carbonyl (C=O) groups excluding carboxylic acids is 1. The van der Waals surface area contributed by atoms with Gasteiger partial charge in [0, 0.05) is 24.9 Å². The van der Waals surface area contributed by atoms with Gasteiger partial charge in [0.1, 0.15) is 17.3 Å². The molecule has 146 valence electrons. The Morgan fingerprint density at radius 2 is 2.18 bits per heavy atom. The average Bonchev–Trinajstić information content (AvgIpc) is 3.32. The summed E-state index contributed by atoms with van der Waals surface area (Å²) in [7, 11) is 1.67. The number of hydrogen-bond acceptors (Lipinski definition) is 4. The summed E-state index contributed by atoms with van der Waals surface area (Å²) in [5.74, 6) is 2.81. The van der Waals surface area contributed by atoms with Crippen LogP contribution in [0.5, 0.6) is 5.75 Å². The van der Waals surface area contributed by atoms with Gasteiger partial charge in [-0.15, -0.1) is 0 Å². The van der Waals surface area contributed by atoms with E-state index >= 15 is 0 Å². The molecule has 6 heteroatoms. The van der Waals surface area contributed by atoms with Gasteiger partial charge in [0.25, 0.3) is 0 Å². The Hall–Kier alpha value is -3.02. The topological polar surface area (TPSA) is 60.5 Å². The predicted octanol–water partition coefficient (Wildman–Crippen LogP) is 3.86. The second kappa shape index (κ2) is 8.33. The van der Waals surface area contributed by atoms with E-state index in [0.29, 0.717) is 19.6 Å². The molecule has 1 fully saturated rings. The summed E-state index contributed by atoms with van der Waals surface area (Å²) in [6.45, 7) is 1.61. The lowest BCUT2D eigenvalue weighted by Gasteiger charge is -2.31. The highest BCUT2D eigenvalue weighted by Crippen LogP contribution is 2.29. The number of aromatic nitrogens is 2. The highest BCUT2D eigenvalue weighted by atomic mass is 16.5. The molecule has 0 atom stereocenters. The fourth-order valence-electron chi connectivity index (χ4n) is 3.49. The normalized spacial score (nSPS) is 13.9. The first-order chi connectivity index (χ1) is 13.7. The van der Waals surface area contributed by atoms with Crippen molar-refractivity contribution in [2.24, 2.45) is 5.92 Å². The van der Waals surface area contributed by atoms with Crippen LogP contribution in [-0.4, -0.2) is 27.5 Å². The van der Waals surface area contributed by atoms with Crippen molar-refractivity contribution >= 4 is 5.91 Å². The van der Waals surface area contributed by atoms with Gasteiger partial charge in [-0.2, -0.15) is 0 Å². The lowest BCUT2D eigenvalue weighted by atomic mass is 9.84. The van der Waals surface area contributed by atoms with Crippen molar-refractivity contribution in [1.82, 2.24) is 14.5 Å². The number of carbonyl (C=O) groups is 1. The Morgan fingerprint density at radius 1 is 1.29 bits per heavy atom. The zero-order valence-electron chi connectivity index (χ0n) is 16.1. The Labute approximate surface area is 164 Å². The maximum absolute atomic E-state index is 13.0. The van der Waals surface area contributed by atoms with Crippen LogP contribution in [0.4, 0.5) is 0 Å². The molecule has 0 unspecified atom stereocenters. The molecule has 1 aromatic carbocycles. The zero-order valence-corrected chi connectivity index (χ0v) is 16.1. The van der Waals surface area contributed by atoms with Crippen molar-refractivity contribution in [2.45, 2.75) is 38.9 Å². The van der Waals surface area contributed by atoms with Gasteiger partial charge in [-0.05, 0) is 42.7 Å². The van der Waals surface area contributed by atoms with Crippen LogP contribution in [0, 0.1) is 5.92 Å². The van der Waals surface area contributed by atoms with Gasteiger partial charge in [0.2, 0.25) is 5.91 Å². The summed E-state index contributed by atoms with van der Waals surface area (Å²) in [6.07, 6.45) is 8.47. The van der Waals surface area contributed by atoms with Gasteiger partial charge >= 0.3 is 0 Å². The Morgan fingerprint density at radius 3 is 2.89 bits per heavy atom. The molecule has 1 aliphatic carbocycles. The molecule has 2 aromatic heterocycles. The molecular weight excluding hydrogens is 354 g/mol. The number of ether oxygens (including phenoxy) is 1. The third-order valence-corrected chi connectivity index (χ3v) is 5.31. The molecule has 6 nitrogen and oxygen atoms in total. The highest BCUT2D eigenvalue weighted by Gasteiger charge is 2.30. The first kappa shape index (κ1) is 18.3. The van der Waals surface area contributed by atoms with E-state index in [1.54, 1.807) is 19.6 Å². The summed E-state index contributed by atoms with van der Waals surface area (Å²) >= 11 is 0. The first-order valence-electron chi connectivity index (χ1n) is 9.67. The summed E-state index contributed by atoms with van der Waals surface area (Å²) in [5.41, 5.74) is 1.13. The fraction of sp³-hybridized carbons (Fsp3) is 0.364. The Kier molecular flexibility index (Phi) is 5.46. The quantitative estimate of drug-likeness (QED) is 0.596. The van der Waals surface area contributed by atoms with E-state index in [1.807, 2.05) is 41.4 Å². The molecule has 1 aliphatic rings. The molecular formula is C22H25N3O3. The lowest BCUT2D eigenvalue weighted by Crippen LogP contribution is -2.38. The number of furan rings is 1. The SMILES string of the molecule is COc1cccc(Cn2ccnc2CN(Cc2ccco2)C(=O)C2CCC2)c1. The van der Waals surface area contributed by atoms with Gasteiger partial charge in [0.15, 0.2) is 0 Å². The molecule has 0 radical (unpaired) electrons. The molecule has 28 heavy (non-hydrogen) atoms. The van der Waals surface area contributed by atoms with Gasteiger partial charge in [-0.3, -0.25) is 4.79 Å². The van der Waals surface area contributed by atoms with Crippen LogP contribution in [0.15, 0.2) is 59.5 Å². The predicted molar refractivity (Wildman–Crippen MR) is 105 cm³/mol. The summed E-state index contributed by atoms with van der Waals surface area (Å²) in [6, 6.07) is 11.7. The smallest absolute Gasteiger partial charge is 0.226 e. The summed E-state index contributed by atoms with van der Waals surface area (Å²) in [5, 5.41) is 0. The van der Waals surface area contributed by atoms with Crippen LogP contribution in [0.25, 0.3) is 0 Å². The van der Waals surface area contributed by atoms with Crippen LogP contribution in [0.1, 0.15) is 36.4 Å². The number of methoxy groups -OCH3 is 1. The summed E-state index contributed by atoms with van der Waals surface area (Å²) in [4.78, 5) is 19.3. The average molecular weight is 379 g/mol. The lowest BCUT2D eigenvalue weighted by molar-refractivity contribution is -0.139. The van der Waals surface area contributed by atoms with E-state index in [9.17, 15) is 4.79 Å². The van der Waals surface area contributed by atoms with Crippen molar-refractivity contribution in [3.05, 3.63) is 72.2 Å². The molecule has 1 saturated carbocycles. The minimum absolute atomic E-state index is 0.136. The van der Waals surface area contributed by atoms with Crippen molar-refractivity contribution in [3.63, 3.8) is 0 Å². The molecule has 0 saturated heterocycles. The van der Waals surface area contributed by atoms with Gasteiger partial charge < -0.3 is 18.6 Å². The molecule has 4 rings (SSSR count). The minimum Gasteiger partial charge on any atom is -0.497 e. The monoisotopic (exact) mass is 379 g/mol. The van der Waals surface area contributed by atoms with Crippen LogP contribution in [-0.2, 0) is 24.4 Å². The zero-order chi connectivity index (χ0) is 19.3. The van der Waals surface area contributed by atoms with Gasteiger partial charge in [-0.1, -0.05) is 18.6 Å². The van der Waals surface area contributed by atoms with E-state index in [-0.39, 0.29) is 11.8 Å². The Bertz CT molecular complexity index is 913. The second-order valence-corrected chi connectivity index (χ2v) is 7.22. The van der Waals surface area contributed by atoms with E-state index < -0.39 is 0 Å². The third kappa shape index (κ3) is 4.11. The summed E-state index contributed by atoms with van der Waals surface area (Å²) < 4.78 is 12.9. The minimum atomic E-state index is 0.136. The molecule has 0 N–H and O–H groups in total. The van der Waals surface area contributed by atoms with E-state index in [0.717, 1.165) is 42.2 Å². The van der Waals surface area contributed by atoms with Gasteiger partial charge in [-0.25, -0.2) is 4.98 Å². The number of benzene rings is 1. The standard InChI is InChI=1S/C22H25N3O3/c1-27-19-8-2-5-17(13-19)14-24-11-10-23-21(24)16-25(15-20-9-4-12-28-20)22(26)18-6-3-7-18/h2,4-5,8-13,18H,3,6-7,14-16H2,1H3. The van der Waals surface area contributed by atoms with Gasteiger partial charge in [0.05, 0.1) is 26.5 Å². The van der Waals surface area contributed by atoms with Crippen molar-refractivity contribution in [3.8, 4) is 5.75 Å². The maximum atomic E-state index is 13.0. The maximum Gasteiger partial charge on any atom is 0.226 e. The Balaban J connectivity index is 1.51. The third-order valence-electron chi connectivity index (χ3n) is 5.31. The van der Waals surface area contributed by atoms with E-state index in [2.05, 4.69) is 15.6 Å². The number of rotatable bonds is 8. The molecule has 0 aliphatic heterocycles. The van der Waals surface area contributed by atoms with Crippen LogP contribution in [0.3, 0.4) is 0 Å². The van der Waals surface area contributed by atoms with E-state index in [4.69, 9.17) is 9.15 Å². The van der Waals surface area contributed by atoms with Crippen LogP contribution < -0.4 is 4.74 Å². The fourth-order valence-corrected chi connectivity index (χ4v) is 3.49. The number of nitrogens with zero attached hydrogens (tertiary/aromatic N) is 3. The molecule has 0 bridgehead atoms. The number of amides is 1. The molecule has 3 aromatic rings. The van der Waals surface area contributed by atoms with Crippen LogP contribution >= 0.6 is 0 Å². The molecule has 2 heterocycles. The second-order valence-electron chi connectivity index (χ2n) is 7.22. The van der Waals surface area contributed by atoms with Crippen molar-refractivity contribution < 1.29 is 13.9 Å². The van der Waals surface area contributed by atoms with Crippen molar-refractivity contribution in [2.75, 3.05) is 7.11 Å². The highest BCUT2D eigenvalue weighted by molar-refractivity contribution is 5.79. The van der Waals surface area contributed by atoms with Crippen LogP contribution in [0.2, 0.25) is 0 Å². The van der Waals surface area contributed by atoms with Crippen molar-refractivity contribution in [1.29, 1.82) is 0 Å². The first-order valence-corrected chi connectivity index (χ1v) is 9.67.